The second kappa shape index (κ2) is 4.02. The fourth-order valence-corrected chi connectivity index (χ4v) is 1.28. The largest absolute Gasteiger partial charge is 0.452 e. The smallest absolute Gasteiger partial charge is 0.314 e. The summed E-state index contributed by atoms with van der Waals surface area (Å²) < 4.78 is 29.1. The van der Waals surface area contributed by atoms with Crippen molar-refractivity contribution in [1.82, 2.24) is 0 Å². The van der Waals surface area contributed by atoms with Crippen LogP contribution in [0, 0.1) is 0 Å². The maximum Gasteiger partial charge on any atom is 0.314 e. The number of hydrogen-bond donors (Lipinski definition) is 0. The molecule has 0 aliphatic carbocycles. The summed E-state index contributed by atoms with van der Waals surface area (Å²) in [7, 11) is 0. The molecular formula is C9H7ClF2N2O. The van der Waals surface area contributed by atoms with E-state index in [1.54, 1.807) is 24.3 Å². The minimum atomic E-state index is -2.68. The van der Waals surface area contributed by atoms with Crippen LogP contribution >= 0.6 is 11.6 Å². The van der Waals surface area contributed by atoms with Crippen molar-refractivity contribution in [2.75, 3.05) is 11.7 Å². The summed E-state index contributed by atoms with van der Waals surface area (Å²) in [6, 6.07) is 6.69. The van der Waals surface area contributed by atoms with Crippen molar-refractivity contribution in [1.29, 1.82) is 0 Å². The summed E-state index contributed by atoms with van der Waals surface area (Å²) in [6.45, 7) is 0.00130. The van der Waals surface area contributed by atoms with Crippen LogP contribution in [0.2, 0.25) is 5.02 Å². The monoisotopic (exact) mass is 232 g/mol. The van der Waals surface area contributed by atoms with Gasteiger partial charge in [0.05, 0.1) is 5.69 Å². The van der Waals surface area contributed by atoms with Gasteiger partial charge in [-0.05, 0) is 24.3 Å². The van der Waals surface area contributed by atoms with Gasteiger partial charge in [0.15, 0.2) is 6.73 Å². The van der Waals surface area contributed by atoms with E-state index in [1.165, 1.54) is 5.01 Å². The zero-order valence-electron chi connectivity index (χ0n) is 7.53. The third-order valence-corrected chi connectivity index (χ3v) is 2.12. The van der Waals surface area contributed by atoms with E-state index in [1.807, 2.05) is 0 Å². The fourth-order valence-electron chi connectivity index (χ4n) is 1.16. The maximum atomic E-state index is 12.2. The number of nitrogens with zero attached hydrogens (tertiary/aromatic N) is 2. The molecule has 15 heavy (non-hydrogen) atoms. The first-order valence-electron chi connectivity index (χ1n) is 4.19. The number of anilines is 1. The molecule has 6 heteroatoms. The average Bonchev–Trinajstić information content (AvgIpc) is 2.68. The van der Waals surface area contributed by atoms with Crippen molar-refractivity contribution in [3.05, 3.63) is 29.3 Å². The number of hydrazone groups is 1. The number of hydrogen-bond acceptors (Lipinski definition) is 3. The highest BCUT2D eigenvalue weighted by Gasteiger charge is 2.24. The normalized spacial score (nSPS) is 15.5. The van der Waals surface area contributed by atoms with Gasteiger partial charge in [-0.2, -0.15) is 8.78 Å². The Kier molecular flexibility index (Phi) is 2.73. The van der Waals surface area contributed by atoms with E-state index in [0.717, 1.165) is 0 Å². The Morgan fingerprint density at radius 1 is 1.33 bits per heavy atom. The first-order chi connectivity index (χ1) is 7.16. The molecule has 1 heterocycles. The van der Waals surface area contributed by atoms with Crippen molar-refractivity contribution in [3.8, 4) is 0 Å². The van der Waals surface area contributed by atoms with Crippen molar-refractivity contribution < 1.29 is 13.5 Å². The molecule has 0 fully saturated rings. The number of halogens is 3. The zero-order valence-corrected chi connectivity index (χ0v) is 8.29. The van der Waals surface area contributed by atoms with Crippen LogP contribution in [0.4, 0.5) is 14.5 Å². The zero-order chi connectivity index (χ0) is 10.8. The fraction of sp³-hybridized carbons (Fsp3) is 0.222. The molecular weight excluding hydrogens is 226 g/mol. The van der Waals surface area contributed by atoms with E-state index >= 15 is 0 Å². The van der Waals surface area contributed by atoms with Crippen LogP contribution in [0.3, 0.4) is 0 Å². The summed E-state index contributed by atoms with van der Waals surface area (Å²) in [5, 5.41) is 5.55. The molecule has 0 saturated carbocycles. The van der Waals surface area contributed by atoms with Crippen molar-refractivity contribution in [2.45, 2.75) is 6.43 Å². The summed E-state index contributed by atoms with van der Waals surface area (Å²) >= 11 is 5.69. The molecule has 0 radical (unpaired) electrons. The number of alkyl halides is 2. The van der Waals surface area contributed by atoms with E-state index in [-0.39, 0.29) is 6.73 Å². The summed E-state index contributed by atoms with van der Waals surface area (Å²) in [6.07, 6.45) is -2.68. The molecule has 3 nitrogen and oxygen atoms in total. The topological polar surface area (TPSA) is 24.8 Å². The van der Waals surface area contributed by atoms with Crippen molar-refractivity contribution in [3.63, 3.8) is 0 Å². The molecule has 2 rings (SSSR count). The van der Waals surface area contributed by atoms with Crippen LogP contribution in [-0.2, 0) is 4.74 Å². The minimum Gasteiger partial charge on any atom is -0.452 e. The SMILES string of the molecule is FC(F)C1=NN(c2ccc(Cl)cc2)CO1. The lowest BCUT2D eigenvalue weighted by molar-refractivity contribution is 0.180. The Balaban J connectivity index is 2.17. The predicted octanol–water partition coefficient (Wildman–Crippen LogP) is 2.71. The van der Waals surface area contributed by atoms with Crippen LogP contribution in [0.15, 0.2) is 29.4 Å². The lowest BCUT2D eigenvalue weighted by Gasteiger charge is -2.10. The molecule has 0 unspecified atom stereocenters. The molecule has 0 spiro atoms. The van der Waals surface area contributed by atoms with E-state index < -0.39 is 12.3 Å². The van der Waals surface area contributed by atoms with Gasteiger partial charge in [0.25, 0.3) is 5.90 Å². The van der Waals surface area contributed by atoms with Gasteiger partial charge >= 0.3 is 6.43 Å². The first kappa shape index (κ1) is 10.2. The molecule has 1 aromatic rings. The third kappa shape index (κ3) is 2.18. The van der Waals surface area contributed by atoms with Crippen molar-refractivity contribution in [2.24, 2.45) is 5.10 Å². The van der Waals surface area contributed by atoms with E-state index in [4.69, 9.17) is 16.3 Å². The average molecular weight is 233 g/mol. The maximum absolute atomic E-state index is 12.2. The Hall–Kier alpha value is -1.36. The van der Waals surface area contributed by atoms with Gasteiger partial charge in [0.2, 0.25) is 0 Å². The van der Waals surface area contributed by atoms with Crippen LogP contribution < -0.4 is 5.01 Å². The molecule has 0 atom stereocenters. The van der Waals surface area contributed by atoms with Crippen LogP contribution in [0.1, 0.15) is 0 Å². The predicted molar refractivity (Wildman–Crippen MR) is 53.3 cm³/mol. The second-order valence-electron chi connectivity index (χ2n) is 2.89. The van der Waals surface area contributed by atoms with Gasteiger partial charge in [0, 0.05) is 5.02 Å². The van der Waals surface area contributed by atoms with Crippen LogP contribution in [-0.4, -0.2) is 19.1 Å². The number of ether oxygens (including phenoxy) is 1. The minimum absolute atomic E-state index is 0.00130. The Morgan fingerprint density at radius 3 is 2.53 bits per heavy atom. The van der Waals surface area contributed by atoms with Crippen molar-refractivity contribution >= 4 is 23.2 Å². The highest BCUT2D eigenvalue weighted by molar-refractivity contribution is 6.30. The number of benzene rings is 1. The van der Waals surface area contributed by atoms with Gasteiger partial charge in [-0.1, -0.05) is 11.6 Å². The molecule has 1 aliphatic heterocycles. The molecule has 0 amide bonds. The van der Waals surface area contributed by atoms with Crippen LogP contribution in [0.25, 0.3) is 0 Å². The van der Waals surface area contributed by atoms with Gasteiger partial charge < -0.3 is 4.74 Å². The molecule has 0 aromatic heterocycles. The third-order valence-electron chi connectivity index (χ3n) is 1.87. The number of rotatable bonds is 2. The molecule has 0 saturated heterocycles. The molecule has 80 valence electrons. The lowest BCUT2D eigenvalue weighted by atomic mass is 10.3. The Morgan fingerprint density at radius 2 is 2.00 bits per heavy atom. The van der Waals surface area contributed by atoms with Gasteiger partial charge in [-0.25, -0.2) is 5.01 Å². The van der Waals surface area contributed by atoms with Gasteiger partial charge in [-0.3, -0.25) is 0 Å². The molecule has 1 aliphatic rings. The van der Waals surface area contributed by atoms with Gasteiger partial charge in [0.1, 0.15) is 0 Å². The van der Waals surface area contributed by atoms with Gasteiger partial charge in [-0.15, -0.1) is 5.10 Å². The van der Waals surface area contributed by atoms with E-state index in [0.29, 0.717) is 10.7 Å². The Labute approximate surface area is 89.9 Å². The van der Waals surface area contributed by atoms with Crippen LogP contribution in [0.5, 0.6) is 0 Å². The highest BCUT2D eigenvalue weighted by atomic mass is 35.5. The second-order valence-corrected chi connectivity index (χ2v) is 3.32. The molecule has 1 aromatic carbocycles. The quantitative estimate of drug-likeness (QED) is 0.783. The van der Waals surface area contributed by atoms with E-state index in [9.17, 15) is 8.78 Å². The molecule has 0 bridgehead atoms. The summed E-state index contributed by atoms with van der Waals surface area (Å²) in [5.41, 5.74) is 0.662. The van der Waals surface area contributed by atoms with E-state index in [2.05, 4.69) is 5.10 Å². The lowest BCUT2D eigenvalue weighted by Crippen LogP contribution is -2.12. The summed E-state index contributed by atoms with van der Waals surface area (Å²) in [4.78, 5) is 0. The molecule has 0 N–H and O–H groups in total. The highest BCUT2D eigenvalue weighted by Crippen LogP contribution is 2.21. The Bertz CT molecular complexity index is 380. The first-order valence-corrected chi connectivity index (χ1v) is 4.57. The summed E-state index contributed by atoms with van der Waals surface area (Å²) in [5.74, 6) is -0.551. The standard InChI is InChI=1S/C9H7ClF2N2O/c10-6-1-3-7(4-2-6)14-5-15-9(13-14)8(11)12/h1-4,8H,5H2.